The number of benzene rings is 1. The number of methoxy groups -OCH3 is 1. The minimum absolute atomic E-state index is 0.370. The lowest BCUT2D eigenvalue weighted by Gasteiger charge is -2.21. The van der Waals surface area contributed by atoms with E-state index in [0.717, 1.165) is 35.9 Å². The van der Waals surface area contributed by atoms with Crippen molar-refractivity contribution in [1.82, 2.24) is 19.5 Å². The maximum atomic E-state index is 12.7. The molecule has 8 nitrogen and oxygen atoms in total. The van der Waals surface area contributed by atoms with E-state index in [1.165, 1.54) is 0 Å². The molecule has 0 saturated heterocycles. The molecule has 1 aliphatic carbocycles. The van der Waals surface area contributed by atoms with Crippen molar-refractivity contribution in [2.75, 3.05) is 7.11 Å². The summed E-state index contributed by atoms with van der Waals surface area (Å²) < 4.78 is 14.1. The topological polar surface area (TPSA) is 92.4 Å². The van der Waals surface area contributed by atoms with Gasteiger partial charge in [-0.2, -0.15) is 9.71 Å². The molecule has 0 amide bonds. The summed E-state index contributed by atoms with van der Waals surface area (Å²) in [5, 5.41) is 16.9. The highest BCUT2D eigenvalue weighted by Crippen LogP contribution is 2.41. The van der Waals surface area contributed by atoms with Crippen LogP contribution in [-0.4, -0.2) is 26.6 Å². The predicted molar refractivity (Wildman–Crippen MR) is 96.8 cm³/mol. The molecule has 0 atom stereocenters. The van der Waals surface area contributed by atoms with Gasteiger partial charge < -0.3 is 14.5 Å². The van der Waals surface area contributed by atoms with Crippen LogP contribution in [0, 0.1) is 12.1 Å². The normalized spacial score (nSPS) is 16.5. The molecule has 8 heteroatoms. The summed E-state index contributed by atoms with van der Waals surface area (Å²) in [5.74, 6) is 0.848. The van der Waals surface area contributed by atoms with Crippen molar-refractivity contribution >= 4 is 16.6 Å². The van der Waals surface area contributed by atoms with Crippen molar-refractivity contribution in [3.8, 4) is 11.5 Å². The fourth-order valence-corrected chi connectivity index (χ4v) is 4.11. The van der Waals surface area contributed by atoms with Crippen LogP contribution in [0.4, 0.5) is 0 Å². The molecule has 5 rings (SSSR count). The minimum Gasteiger partial charge on any atom is -0.618 e. The Morgan fingerprint density at radius 2 is 2.04 bits per heavy atom. The van der Waals surface area contributed by atoms with Crippen LogP contribution < -0.4 is 4.73 Å². The first-order chi connectivity index (χ1) is 13.1. The van der Waals surface area contributed by atoms with Crippen LogP contribution in [-0.2, 0) is 10.3 Å². The summed E-state index contributed by atoms with van der Waals surface area (Å²) in [7, 11) is 1.68. The quantitative estimate of drug-likeness (QED) is 0.409. The maximum absolute atomic E-state index is 12.7. The second-order valence-electron chi connectivity index (χ2n) is 7.01. The number of rotatable bonds is 3. The fourth-order valence-electron chi connectivity index (χ4n) is 4.11. The van der Waals surface area contributed by atoms with Gasteiger partial charge in [0, 0.05) is 20.1 Å². The third-order valence-electron chi connectivity index (χ3n) is 5.60. The van der Waals surface area contributed by atoms with E-state index in [-0.39, 0.29) is 0 Å². The number of hydrogen-bond acceptors (Lipinski definition) is 6. The highest BCUT2D eigenvalue weighted by Gasteiger charge is 2.41. The van der Waals surface area contributed by atoms with Crippen molar-refractivity contribution in [2.45, 2.75) is 38.2 Å². The second kappa shape index (κ2) is 5.75. The molecule has 0 radical (unpaired) electrons. The molecule has 3 heterocycles. The van der Waals surface area contributed by atoms with Crippen LogP contribution >= 0.6 is 0 Å². The van der Waals surface area contributed by atoms with Gasteiger partial charge in [0.15, 0.2) is 0 Å². The molecular formula is C19H19N5O3. The lowest BCUT2D eigenvalue weighted by molar-refractivity contribution is -0.583. The van der Waals surface area contributed by atoms with Crippen molar-refractivity contribution < 1.29 is 14.0 Å². The Labute approximate surface area is 155 Å². The molecule has 0 bridgehead atoms. The predicted octanol–water partition coefficient (Wildman–Crippen LogP) is 2.90. The molecule has 1 aromatic carbocycles. The summed E-state index contributed by atoms with van der Waals surface area (Å²) in [6.45, 7) is 1.77. The summed E-state index contributed by atoms with van der Waals surface area (Å²) >= 11 is 0. The molecule has 4 aromatic rings. The number of ether oxygens (including phenoxy) is 1. The molecule has 27 heavy (non-hydrogen) atoms. The van der Waals surface area contributed by atoms with E-state index in [2.05, 4.69) is 15.1 Å². The third-order valence-corrected chi connectivity index (χ3v) is 5.60. The van der Waals surface area contributed by atoms with Crippen molar-refractivity contribution in [3.05, 3.63) is 47.4 Å². The van der Waals surface area contributed by atoms with Crippen LogP contribution in [0.5, 0.6) is 0 Å². The van der Waals surface area contributed by atoms with E-state index < -0.39 is 5.60 Å². The average molecular weight is 365 g/mol. The Morgan fingerprint density at radius 1 is 1.26 bits per heavy atom. The number of fused-ring (bicyclic) bond motifs is 3. The molecule has 138 valence electrons. The van der Waals surface area contributed by atoms with E-state index in [0.29, 0.717) is 34.1 Å². The smallest absolute Gasteiger partial charge is 0.259 e. The minimum atomic E-state index is -0.513. The van der Waals surface area contributed by atoms with Crippen molar-refractivity contribution in [1.29, 1.82) is 0 Å². The highest BCUT2D eigenvalue weighted by atomic mass is 16.5. The SMILES string of the molecule is COC1(c2nc(-c3ncn4c3c(C)[n+]([O-])c3ccccc34)no2)CCCC1. The molecule has 1 fully saturated rings. The third kappa shape index (κ3) is 2.19. The van der Waals surface area contributed by atoms with Gasteiger partial charge in [-0.3, -0.25) is 4.40 Å². The van der Waals surface area contributed by atoms with Crippen molar-refractivity contribution in [3.63, 3.8) is 0 Å². The first kappa shape index (κ1) is 16.2. The van der Waals surface area contributed by atoms with Gasteiger partial charge in [-0.1, -0.05) is 17.3 Å². The lowest BCUT2D eigenvalue weighted by atomic mass is 10.0. The first-order valence-corrected chi connectivity index (χ1v) is 9.02. The molecule has 0 spiro atoms. The Bertz CT molecular complexity index is 1160. The van der Waals surface area contributed by atoms with Crippen LogP contribution in [0.1, 0.15) is 37.3 Å². The molecule has 1 saturated carbocycles. The monoisotopic (exact) mass is 365 g/mol. The van der Waals surface area contributed by atoms with Gasteiger partial charge in [-0.05, 0) is 31.7 Å². The molecule has 0 N–H and O–H groups in total. The van der Waals surface area contributed by atoms with Gasteiger partial charge in [0.05, 0.1) is 0 Å². The van der Waals surface area contributed by atoms with Crippen LogP contribution in [0.2, 0.25) is 0 Å². The van der Waals surface area contributed by atoms with Crippen molar-refractivity contribution in [2.24, 2.45) is 0 Å². The Morgan fingerprint density at radius 3 is 2.81 bits per heavy atom. The summed E-state index contributed by atoms with van der Waals surface area (Å²) in [6.07, 6.45) is 5.55. The van der Waals surface area contributed by atoms with Crippen LogP contribution in [0.15, 0.2) is 35.1 Å². The van der Waals surface area contributed by atoms with E-state index in [1.54, 1.807) is 26.4 Å². The zero-order chi connectivity index (χ0) is 18.6. The van der Waals surface area contributed by atoms with E-state index in [9.17, 15) is 5.21 Å². The van der Waals surface area contributed by atoms with E-state index >= 15 is 0 Å². The number of imidazole rings is 1. The fraction of sp³-hybridized carbons (Fsp3) is 0.368. The second-order valence-corrected chi connectivity index (χ2v) is 7.01. The Balaban J connectivity index is 1.71. The zero-order valence-corrected chi connectivity index (χ0v) is 15.2. The number of aromatic nitrogens is 5. The Hall–Kier alpha value is -3.00. The largest absolute Gasteiger partial charge is 0.618 e. The average Bonchev–Trinajstić information content (AvgIpc) is 3.44. The first-order valence-electron chi connectivity index (χ1n) is 9.02. The number of para-hydroxylation sites is 2. The van der Waals surface area contributed by atoms with Crippen LogP contribution in [0.3, 0.4) is 0 Å². The highest BCUT2D eigenvalue weighted by molar-refractivity contribution is 5.82. The summed E-state index contributed by atoms with van der Waals surface area (Å²) in [6, 6.07) is 7.42. The molecule has 0 aliphatic heterocycles. The Kier molecular flexibility index (Phi) is 3.45. The number of aryl methyl sites for hydroxylation is 1. The lowest BCUT2D eigenvalue weighted by Crippen LogP contribution is -2.32. The van der Waals surface area contributed by atoms with Gasteiger partial charge in [-0.15, -0.1) is 0 Å². The van der Waals surface area contributed by atoms with E-state index in [1.807, 2.05) is 22.6 Å². The van der Waals surface area contributed by atoms with Gasteiger partial charge in [0.25, 0.3) is 5.89 Å². The summed E-state index contributed by atoms with van der Waals surface area (Å²) in [5.41, 5.74) is 2.59. The van der Waals surface area contributed by atoms with Gasteiger partial charge in [0.2, 0.25) is 17.0 Å². The van der Waals surface area contributed by atoms with Gasteiger partial charge in [-0.25, -0.2) is 4.98 Å². The van der Waals surface area contributed by atoms with Gasteiger partial charge in [0.1, 0.15) is 28.7 Å². The van der Waals surface area contributed by atoms with E-state index in [4.69, 9.17) is 9.26 Å². The number of nitrogens with zero attached hydrogens (tertiary/aromatic N) is 5. The molecule has 3 aromatic heterocycles. The van der Waals surface area contributed by atoms with Crippen LogP contribution in [0.25, 0.3) is 28.1 Å². The standard InChI is InChI=1S/C19H19N5O3/c1-12-16-15(17-21-18(27-22-17)19(26-2)9-5-6-10-19)20-11-23(16)13-7-3-4-8-14(13)24(12)25/h3-4,7-8,11H,5-6,9-10H2,1-2H3. The molecular weight excluding hydrogens is 346 g/mol. The van der Waals surface area contributed by atoms with Gasteiger partial charge >= 0.3 is 0 Å². The summed E-state index contributed by atoms with van der Waals surface area (Å²) in [4.78, 5) is 9.08. The molecule has 1 aliphatic rings. The molecule has 0 unspecified atom stereocenters. The zero-order valence-electron chi connectivity index (χ0n) is 15.2. The number of hydrogen-bond donors (Lipinski definition) is 0. The maximum Gasteiger partial charge on any atom is 0.259 e.